The molecule has 0 saturated heterocycles. The van der Waals surface area contributed by atoms with Crippen molar-refractivity contribution in [3.63, 3.8) is 0 Å². The lowest BCUT2D eigenvalue weighted by Gasteiger charge is -2.12. The minimum atomic E-state index is -0.0741. The van der Waals surface area contributed by atoms with Crippen molar-refractivity contribution in [1.29, 1.82) is 0 Å². The Hall–Kier alpha value is -0.530. The lowest BCUT2D eigenvalue weighted by atomic mass is 9.94. The molecule has 0 rings (SSSR count). The Morgan fingerprint density at radius 3 is 2.46 bits per heavy atom. The molecule has 0 amide bonds. The Balaban J connectivity index is 3.52. The molecular weight excluding hydrogens is 164 g/mol. The number of carbonyl (C=O) groups is 1. The van der Waals surface area contributed by atoms with E-state index in [1.165, 1.54) is 32.8 Å². The van der Waals surface area contributed by atoms with Gasteiger partial charge in [0.25, 0.3) is 0 Å². The van der Waals surface area contributed by atoms with Crippen molar-refractivity contribution in [2.45, 2.75) is 52.4 Å². The highest BCUT2D eigenvalue weighted by Gasteiger charge is 2.08. The van der Waals surface area contributed by atoms with Crippen molar-refractivity contribution in [2.75, 3.05) is 7.11 Å². The van der Waals surface area contributed by atoms with Gasteiger partial charge in [-0.15, -0.1) is 0 Å². The maximum atomic E-state index is 10.9. The molecule has 0 radical (unpaired) electrons. The molecule has 0 saturated carbocycles. The van der Waals surface area contributed by atoms with Crippen LogP contribution in [0.3, 0.4) is 0 Å². The van der Waals surface area contributed by atoms with Gasteiger partial charge in [0.05, 0.1) is 7.11 Å². The second kappa shape index (κ2) is 8.09. The van der Waals surface area contributed by atoms with E-state index in [9.17, 15) is 4.79 Å². The predicted molar refractivity (Wildman–Crippen MR) is 54.6 cm³/mol. The maximum Gasteiger partial charge on any atom is 0.305 e. The van der Waals surface area contributed by atoms with Crippen LogP contribution in [0.5, 0.6) is 0 Å². The van der Waals surface area contributed by atoms with Gasteiger partial charge in [0, 0.05) is 6.42 Å². The average Bonchev–Trinajstić information content (AvgIpc) is 2.17. The normalized spacial score (nSPS) is 12.5. The van der Waals surface area contributed by atoms with Crippen LogP contribution >= 0.6 is 0 Å². The van der Waals surface area contributed by atoms with Crippen molar-refractivity contribution in [3.05, 3.63) is 0 Å². The zero-order chi connectivity index (χ0) is 10.1. The zero-order valence-electron chi connectivity index (χ0n) is 9.14. The Kier molecular flexibility index (Phi) is 7.76. The van der Waals surface area contributed by atoms with E-state index in [4.69, 9.17) is 0 Å². The average molecular weight is 186 g/mol. The van der Waals surface area contributed by atoms with Gasteiger partial charge >= 0.3 is 5.97 Å². The number of unbranched alkanes of at least 4 members (excludes halogenated alkanes) is 1. The molecule has 13 heavy (non-hydrogen) atoms. The summed E-state index contributed by atoms with van der Waals surface area (Å²) in [6.07, 6.45) is 6.53. The SMILES string of the molecule is CCCCC(CC)CCC(=O)OC. The first-order chi connectivity index (χ1) is 6.24. The van der Waals surface area contributed by atoms with Crippen molar-refractivity contribution in [1.82, 2.24) is 0 Å². The third-order valence-corrected chi connectivity index (χ3v) is 2.53. The summed E-state index contributed by atoms with van der Waals surface area (Å²) in [6.45, 7) is 4.39. The molecule has 2 nitrogen and oxygen atoms in total. The van der Waals surface area contributed by atoms with Crippen LogP contribution in [0.15, 0.2) is 0 Å². The van der Waals surface area contributed by atoms with Crippen LogP contribution in [-0.4, -0.2) is 13.1 Å². The number of ether oxygens (including phenoxy) is 1. The third kappa shape index (κ3) is 6.62. The van der Waals surface area contributed by atoms with Crippen molar-refractivity contribution < 1.29 is 9.53 Å². The maximum absolute atomic E-state index is 10.9. The van der Waals surface area contributed by atoms with Crippen LogP contribution in [0.2, 0.25) is 0 Å². The summed E-state index contributed by atoms with van der Waals surface area (Å²) in [5.41, 5.74) is 0. The minimum Gasteiger partial charge on any atom is -0.469 e. The fraction of sp³-hybridized carbons (Fsp3) is 0.909. The van der Waals surface area contributed by atoms with E-state index in [2.05, 4.69) is 18.6 Å². The molecule has 0 aromatic heterocycles. The van der Waals surface area contributed by atoms with E-state index < -0.39 is 0 Å². The summed E-state index contributed by atoms with van der Waals surface area (Å²) in [4.78, 5) is 10.9. The highest BCUT2D eigenvalue weighted by Crippen LogP contribution is 2.18. The molecule has 0 aromatic carbocycles. The van der Waals surface area contributed by atoms with E-state index >= 15 is 0 Å². The second-order valence-electron chi connectivity index (χ2n) is 3.53. The molecule has 0 heterocycles. The summed E-state index contributed by atoms with van der Waals surface area (Å²) >= 11 is 0. The number of rotatable bonds is 7. The van der Waals surface area contributed by atoms with Gasteiger partial charge in [0.2, 0.25) is 0 Å². The molecule has 1 atom stereocenters. The molecule has 78 valence electrons. The molecule has 0 aliphatic heterocycles. The lowest BCUT2D eigenvalue weighted by Crippen LogP contribution is -2.05. The zero-order valence-corrected chi connectivity index (χ0v) is 9.14. The van der Waals surface area contributed by atoms with E-state index in [1.54, 1.807) is 0 Å². The van der Waals surface area contributed by atoms with Gasteiger partial charge in [-0.05, 0) is 12.3 Å². The third-order valence-electron chi connectivity index (χ3n) is 2.53. The fourth-order valence-corrected chi connectivity index (χ4v) is 1.47. The molecule has 0 N–H and O–H groups in total. The van der Waals surface area contributed by atoms with Gasteiger partial charge in [-0.1, -0.05) is 39.5 Å². The van der Waals surface area contributed by atoms with Gasteiger partial charge < -0.3 is 4.74 Å². The Bertz CT molecular complexity index is 132. The monoisotopic (exact) mass is 186 g/mol. The predicted octanol–water partition coefficient (Wildman–Crippen LogP) is 3.16. The second-order valence-corrected chi connectivity index (χ2v) is 3.53. The molecular formula is C11H22O2. The van der Waals surface area contributed by atoms with Gasteiger partial charge in [-0.2, -0.15) is 0 Å². The number of hydrogen-bond donors (Lipinski definition) is 0. The van der Waals surface area contributed by atoms with Crippen LogP contribution < -0.4 is 0 Å². The minimum absolute atomic E-state index is 0.0741. The quantitative estimate of drug-likeness (QED) is 0.571. The van der Waals surface area contributed by atoms with E-state index in [0.717, 1.165) is 6.42 Å². The fourth-order valence-electron chi connectivity index (χ4n) is 1.47. The first-order valence-electron chi connectivity index (χ1n) is 5.31. The molecule has 2 heteroatoms. The smallest absolute Gasteiger partial charge is 0.305 e. The molecule has 0 aliphatic rings. The first kappa shape index (κ1) is 12.5. The van der Waals surface area contributed by atoms with Gasteiger partial charge in [0.1, 0.15) is 0 Å². The van der Waals surface area contributed by atoms with Crippen molar-refractivity contribution in [2.24, 2.45) is 5.92 Å². The van der Waals surface area contributed by atoms with Crippen LogP contribution in [0.1, 0.15) is 52.4 Å². The summed E-state index contributed by atoms with van der Waals surface area (Å²) in [6, 6.07) is 0. The highest BCUT2D eigenvalue weighted by molar-refractivity contribution is 5.69. The molecule has 0 bridgehead atoms. The Morgan fingerprint density at radius 2 is 2.00 bits per heavy atom. The Morgan fingerprint density at radius 1 is 1.31 bits per heavy atom. The van der Waals surface area contributed by atoms with Crippen molar-refractivity contribution in [3.8, 4) is 0 Å². The molecule has 0 spiro atoms. The number of hydrogen-bond acceptors (Lipinski definition) is 2. The standard InChI is InChI=1S/C11H22O2/c1-4-6-7-10(5-2)8-9-11(12)13-3/h10H,4-9H2,1-3H3. The molecule has 0 aromatic rings. The van der Waals surface area contributed by atoms with Crippen LogP contribution in [0.4, 0.5) is 0 Å². The largest absolute Gasteiger partial charge is 0.469 e. The van der Waals surface area contributed by atoms with E-state index in [1.807, 2.05) is 0 Å². The number of esters is 1. The van der Waals surface area contributed by atoms with Gasteiger partial charge in [0.15, 0.2) is 0 Å². The number of methoxy groups -OCH3 is 1. The van der Waals surface area contributed by atoms with E-state index in [0.29, 0.717) is 12.3 Å². The molecule has 0 aliphatic carbocycles. The topological polar surface area (TPSA) is 26.3 Å². The first-order valence-corrected chi connectivity index (χ1v) is 5.31. The van der Waals surface area contributed by atoms with E-state index in [-0.39, 0.29) is 5.97 Å². The molecule has 1 unspecified atom stereocenters. The van der Waals surface area contributed by atoms with Crippen LogP contribution in [0.25, 0.3) is 0 Å². The lowest BCUT2D eigenvalue weighted by molar-refractivity contribution is -0.140. The van der Waals surface area contributed by atoms with Gasteiger partial charge in [-0.25, -0.2) is 0 Å². The van der Waals surface area contributed by atoms with Gasteiger partial charge in [-0.3, -0.25) is 4.79 Å². The summed E-state index contributed by atoms with van der Waals surface area (Å²) < 4.78 is 4.61. The van der Waals surface area contributed by atoms with Crippen molar-refractivity contribution >= 4 is 5.97 Å². The summed E-state index contributed by atoms with van der Waals surface area (Å²) in [7, 11) is 1.45. The molecule has 0 fully saturated rings. The van der Waals surface area contributed by atoms with Crippen LogP contribution in [0, 0.1) is 5.92 Å². The summed E-state index contributed by atoms with van der Waals surface area (Å²) in [5, 5.41) is 0. The Labute approximate surface area is 81.7 Å². The summed E-state index contributed by atoms with van der Waals surface area (Å²) in [5.74, 6) is 0.633. The highest BCUT2D eigenvalue weighted by atomic mass is 16.5. The van der Waals surface area contributed by atoms with Crippen LogP contribution in [-0.2, 0) is 9.53 Å². The number of carbonyl (C=O) groups excluding carboxylic acids is 1.